The number of hydrogen-bond donors (Lipinski definition) is 0. The normalized spacial score (nSPS) is 28.7. The number of nitrogens with zero attached hydrogens (tertiary/aromatic N) is 4. The van der Waals surface area contributed by atoms with Crippen LogP contribution in [0.25, 0.3) is 0 Å². The summed E-state index contributed by atoms with van der Waals surface area (Å²) in [5.41, 5.74) is 2.97. The average Bonchev–Trinajstić information content (AvgIpc) is 3.14. The van der Waals surface area contributed by atoms with Gasteiger partial charge in [-0.2, -0.15) is 0 Å². The molecule has 7 heteroatoms. The van der Waals surface area contributed by atoms with E-state index < -0.39 is 9.84 Å². The molecule has 0 aliphatic carbocycles. The highest BCUT2D eigenvalue weighted by molar-refractivity contribution is 7.91. The van der Waals surface area contributed by atoms with Crippen molar-refractivity contribution in [3.63, 3.8) is 0 Å². The van der Waals surface area contributed by atoms with Crippen molar-refractivity contribution in [3.8, 4) is 0 Å². The third kappa shape index (κ3) is 3.66. The number of piperidine rings is 1. The van der Waals surface area contributed by atoms with E-state index in [2.05, 4.69) is 33.8 Å². The maximum absolute atomic E-state index is 13.0. The van der Waals surface area contributed by atoms with Crippen molar-refractivity contribution in [2.75, 3.05) is 31.1 Å². The molecule has 2 aromatic rings. The van der Waals surface area contributed by atoms with Crippen LogP contribution < -0.4 is 4.90 Å². The lowest BCUT2D eigenvalue weighted by molar-refractivity contribution is 0.326. The molecule has 0 bridgehead atoms. The summed E-state index contributed by atoms with van der Waals surface area (Å²) in [7, 11) is -3.18. The molecule has 3 atom stereocenters. The topological polar surface area (TPSA) is 66.4 Å². The Balaban J connectivity index is 1.44. The fourth-order valence-electron chi connectivity index (χ4n) is 5.14. The zero-order valence-corrected chi connectivity index (χ0v) is 17.7. The lowest BCUT2D eigenvalue weighted by Gasteiger charge is -2.32. The smallest absolute Gasteiger partial charge is 0.225 e. The van der Waals surface area contributed by atoms with Crippen molar-refractivity contribution in [2.24, 2.45) is 5.92 Å². The Hall–Kier alpha value is -1.99. The number of hydrogen-bond acceptors (Lipinski definition) is 6. The minimum absolute atomic E-state index is 0.0589. The molecule has 6 nitrogen and oxygen atoms in total. The van der Waals surface area contributed by atoms with Gasteiger partial charge in [-0.3, -0.25) is 4.90 Å². The first kappa shape index (κ1) is 19.0. The van der Waals surface area contributed by atoms with Crippen LogP contribution in [0, 0.1) is 5.92 Å². The second-order valence-electron chi connectivity index (χ2n) is 8.91. The monoisotopic (exact) mass is 412 g/mol. The van der Waals surface area contributed by atoms with Crippen molar-refractivity contribution in [1.82, 2.24) is 14.9 Å². The largest absolute Gasteiger partial charge is 0.341 e. The summed E-state index contributed by atoms with van der Waals surface area (Å²) in [6.07, 6.45) is 4.18. The van der Waals surface area contributed by atoms with Crippen molar-refractivity contribution < 1.29 is 8.42 Å². The van der Waals surface area contributed by atoms with Crippen LogP contribution in [0.2, 0.25) is 0 Å². The summed E-state index contributed by atoms with van der Waals surface area (Å²) in [6.45, 7) is 6.33. The first-order valence-corrected chi connectivity index (χ1v) is 12.3. The van der Waals surface area contributed by atoms with E-state index in [1.165, 1.54) is 12.0 Å². The lowest BCUT2D eigenvalue weighted by atomic mass is 9.99. The molecule has 154 valence electrons. The third-order valence-corrected chi connectivity index (χ3v) is 8.70. The van der Waals surface area contributed by atoms with Gasteiger partial charge in [0.1, 0.15) is 0 Å². The predicted octanol–water partition coefficient (Wildman–Crippen LogP) is 2.61. The molecule has 3 aliphatic heterocycles. The van der Waals surface area contributed by atoms with Gasteiger partial charge in [-0.05, 0) is 24.3 Å². The molecule has 0 spiro atoms. The highest BCUT2D eigenvalue weighted by atomic mass is 32.2. The molecular formula is C22H28N4O2S. The Labute approximate surface area is 172 Å². The molecular weight excluding hydrogens is 384 g/mol. The predicted molar refractivity (Wildman–Crippen MR) is 114 cm³/mol. The number of fused-ring (bicyclic) bond motifs is 3. The Morgan fingerprint density at radius 2 is 1.97 bits per heavy atom. The zero-order valence-electron chi connectivity index (χ0n) is 16.9. The number of likely N-dealkylation sites (tertiary alicyclic amines) is 1. The van der Waals surface area contributed by atoms with E-state index in [1.807, 2.05) is 18.2 Å². The Morgan fingerprint density at radius 1 is 1.14 bits per heavy atom. The van der Waals surface area contributed by atoms with Crippen LogP contribution >= 0.6 is 0 Å². The summed E-state index contributed by atoms with van der Waals surface area (Å²) in [6, 6.07) is 10.3. The fraction of sp³-hybridized carbons (Fsp3) is 0.545. The van der Waals surface area contributed by atoms with E-state index in [9.17, 15) is 8.42 Å². The molecule has 0 radical (unpaired) electrons. The Bertz CT molecular complexity index is 995. The fourth-order valence-corrected chi connectivity index (χ4v) is 7.16. The second kappa shape index (κ2) is 7.36. The average molecular weight is 413 g/mol. The lowest BCUT2D eigenvalue weighted by Crippen LogP contribution is -2.38. The molecule has 29 heavy (non-hydrogen) atoms. The first-order chi connectivity index (χ1) is 14.0. The molecule has 3 aliphatic rings. The van der Waals surface area contributed by atoms with Crippen molar-refractivity contribution in [1.29, 1.82) is 0 Å². The quantitative estimate of drug-likeness (QED) is 0.772. The summed E-state index contributed by atoms with van der Waals surface area (Å²) in [4.78, 5) is 14.0. The molecule has 0 N–H and O–H groups in total. The van der Waals surface area contributed by atoms with E-state index in [0.717, 1.165) is 49.8 Å². The molecule has 1 aromatic heterocycles. The van der Waals surface area contributed by atoms with Crippen LogP contribution in [0.4, 0.5) is 5.95 Å². The van der Waals surface area contributed by atoms with E-state index in [1.54, 1.807) is 6.20 Å². The standard InChI is InChI=1S/C22H28N4O2S/c1-16-6-5-9-26(11-16)22-23-10-18-15-29(27,28)20-14-25(13-19(20)21(18)24-22)12-17-7-3-2-4-8-17/h2-4,7-8,10,16,19-20H,5-6,9,11-15H2,1H3/t16-,19+,20-/m1/s1. The minimum Gasteiger partial charge on any atom is -0.341 e. The highest BCUT2D eigenvalue weighted by Gasteiger charge is 2.47. The van der Waals surface area contributed by atoms with Crippen LogP contribution in [0.15, 0.2) is 36.5 Å². The first-order valence-electron chi connectivity index (χ1n) is 10.6. The Morgan fingerprint density at radius 3 is 2.76 bits per heavy atom. The molecule has 0 saturated carbocycles. The number of anilines is 1. The van der Waals surface area contributed by atoms with Crippen LogP contribution in [0.1, 0.15) is 42.5 Å². The van der Waals surface area contributed by atoms with Gasteiger partial charge in [-0.25, -0.2) is 18.4 Å². The summed E-state index contributed by atoms with van der Waals surface area (Å²) >= 11 is 0. The van der Waals surface area contributed by atoms with Crippen LogP contribution in [-0.2, 0) is 22.1 Å². The summed E-state index contributed by atoms with van der Waals surface area (Å²) < 4.78 is 25.9. The van der Waals surface area contributed by atoms with E-state index in [-0.39, 0.29) is 16.9 Å². The Kier molecular flexibility index (Phi) is 4.82. The van der Waals surface area contributed by atoms with Gasteiger partial charge in [-0.15, -0.1) is 0 Å². The highest BCUT2D eigenvalue weighted by Crippen LogP contribution is 2.40. The van der Waals surface area contributed by atoms with Gasteiger partial charge < -0.3 is 4.90 Å². The number of benzene rings is 1. The zero-order chi connectivity index (χ0) is 20.0. The third-order valence-electron chi connectivity index (χ3n) is 6.59. The van der Waals surface area contributed by atoms with Gasteiger partial charge in [0.2, 0.25) is 5.95 Å². The van der Waals surface area contributed by atoms with Gasteiger partial charge in [0.25, 0.3) is 0 Å². The summed E-state index contributed by atoms with van der Waals surface area (Å²) in [5, 5.41) is -0.359. The molecule has 2 saturated heterocycles. The molecule has 5 rings (SSSR count). The SMILES string of the molecule is C[C@@H]1CCCN(c2ncc3c(n2)[C@H]2CN(Cc4ccccc4)C[C@H]2S(=O)(=O)C3)C1. The number of aromatic nitrogens is 2. The van der Waals surface area contributed by atoms with E-state index in [4.69, 9.17) is 4.98 Å². The van der Waals surface area contributed by atoms with Crippen molar-refractivity contribution in [2.45, 2.75) is 43.2 Å². The molecule has 4 heterocycles. The minimum atomic E-state index is -3.18. The maximum Gasteiger partial charge on any atom is 0.225 e. The van der Waals surface area contributed by atoms with Gasteiger partial charge >= 0.3 is 0 Å². The molecule has 2 fully saturated rings. The van der Waals surface area contributed by atoms with Gasteiger partial charge in [0, 0.05) is 50.4 Å². The molecule has 0 unspecified atom stereocenters. The molecule has 1 aromatic carbocycles. The van der Waals surface area contributed by atoms with Gasteiger partial charge in [0.15, 0.2) is 9.84 Å². The van der Waals surface area contributed by atoms with Gasteiger partial charge in [0.05, 0.1) is 16.7 Å². The van der Waals surface area contributed by atoms with E-state index in [0.29, 0.717) is 12.5 Å². The van der Waals surface area contributed by atoms with Crippen molar-refractivity contribution >= 4 is 15.8 Å². The number of sulfone groups is 1. The maximum atomic E-state index is 13.0. The molecule has 0 amide bonds. The van der Waals surface area contributed by atoms with E-state index >= 15 is 0 Å². The van der Waals surface area contributed by atoms with Crippen LogP contribution in [0.3, 0.4) is 0 Å². The summed E-state index contributed by atoms with van der Waals surface area (Å²) in [5.74, 6) is 1.43. The number of rotatable bonds is 3. The van der Waals surface area contributed by atoms with Crippen LogP contribution in [0.5, 0.6) is 0 Å². The van der Waals surface area contributed by atoms with Gasteiger partial charge in [-0.1, -0.05) is 37.3 Å². The van der Waals surface area contributed by atoms with Crippen LogP contribution in [-0.4, -0.2) is 54.7 Å². The van der Waals surface area contributed by atoms with Crippen molar-refractivity contribution in [3.05, 3.63) is 53.3 Å². The second-order valence-corrected chi connectivity index (χ2v) is 11.1.